The topological polar surface area (TPSA) is 121 Å². The number of nitrogens with zero attached hydrogens (tertiary/aromatic N) is 1. The summed E-state index contributed by atoms with van der Waals surface area (Å²) in [5.74, 6) is -4.38. The van der Waals surface area contributed by atoms with Crippen LogP contribution in [-0.4, -0.2) is 67.9 Å². The van der Waals surface area contributed by atoms with Crippen molar-refractivity contribution in [2.24, 2.45) is 0 Å². The summed E-state index contributed by atoms with van der Waals surface area (Å²) in [7, 11) is -1.12. The standard InChI is InChI=1S/C9H16N2O6S/c1-6(12)10-7(9(14)15)4-18(16,17)5-8(13)11(2)3/h7H,4-5H2,1-3H3,(H,10,12)(H,14,15). The number of amides is 2. The molecule has 0 aromatic carbocycles. The maximum Gasteiger partial charge on any atom is 0.327 e. The van der Waals surface area contributed by atoms with Gasteiger partial charge in [-0.15, -0.1) is 0 Å². The van der Waals surface area contributed by atoms with Gasteiger partial charge in [-0.05, 0) is 0 Å². The molecule has 0 rings (SSSR count). The Morgan fingerprint density at radius 1 is 1.28 bits per heavy atom. The van der Waals surface area contributed by atoms with Crippen LogP contribution in [0.5, 0.6) is 0 Å². The number of hydrogen-bond acceptors (Lipinski definition) is 5. The number of rotatable bonds is 6. The van der Waals surface area contributed by atoms with Crippen molar-refractivity contribution in [2.45, 2.75) is 13.0 Å². The molecule has 104 valence electrons. The van der Waals surface area contributed by atoms with Crippen molar-refractivity contribution in [2.75, 3.05) is 25.6 Å². The van der Waals surface area contributed by atoms with Crippen LogP contribution < -0.4 is 5.32 Å². The van der Waals surface area contributed by atoms with E-state index in [0.717, 1.165) is 11.8 Å². The number of carbonyl (C=O) groups is 3. The predicted octanol–water partition coefficient (Wildman–Crippen LogP) is -1.92. The van der Waals surface area contributed by atoms with E-state index in [0.29, 0.717) is 0 Å². The number of carboxylic acids is 1. The summed E-state index contributed by atoms with van der Waals surface area (Å²) < 4.78 is 23.2. The van der Waals surface area contributed by atoms with Gasteiger partial charge in [-0.25, -0.2) is 13.2 Å². The molecule has 0 aliphatic carbocycles. The number of carbonyl (C=O) groups excluding carboxylic acids is 2. The summed E-state index contributed by atoms with van der Waals surface area (Å²) in [6, 6.07) is -1.55. The summed E-state index contributed by atoms with van der Waals surface area (Å²) >= 11 is 0. The van der Waals surface area contributed by atoms with Gasteiger partial charge in [0.05, 0.1) is 5.75 Å². The molecule has 0 aromatic heterocycles. The van der Waals surface area contributed by atoms with E-state index in [1.807, 2.05) is 5.32 Å². The number of aliphatic carboxylic acids is 1. The maximum absolute atomic E-state index is 11.6. The maximum atomic E-state index is 11.6. The summed E-state index contributed by atoms with van der Waals surface area (Å²) in [5, 5.41) is 10.7. The van der Waals surface area contributed by atoms with E-state index in [1.54, 1.807) is 0 Å². The molecule has 0 aliphatic rings. The van der Waals surface area contributed by atoms with Crippen LogP contribution in [0.15, 0.2) is 0 Å². The second-order valence-electron chi connectivity index (χ2n) is 3.93. The lowest BCUT2D eigenvalue weighted by atomic mass is 10.3. The highest BCUT2D eigenvalue weighted by atomic mass is 32.2. The molecule has 0 fully saturated rings. The summed E-state index contributed by atoms with van der Waals surface area (Å²) in [6.07, 6.45) is 0. The minimum absolute atomic E-state index is 0.651. The van der Waals surface area contributed by atoms with Crippen LogP contribution in [0.1, 0.15) is 6.92 Å². The minimum atomic E-state index is -3.90. The van der Waals surface area contributed by atoms with E-state index in [9.17, 15) is 22.8 Å². The van der Waals surface area contributed by atoms with Crippen LogP contribution in [-0.2, 0) is 24.2 Å². The van der Waals surface area contributed by atoms with Gasteiger partial charge >= 0.3 is 5.97 Å². The second-order valence-corrected chi connectivity index (χ2v) is 6.04. The lowest BCUT2D eigenvalue weighted by molar-refractivity contribution is -0.140. The molecule has 9 heteroatoms. The van der Waals surface area contributed by atoms with Crippen molar-refractivity contribution >= 4 is 27.6 Å². The van der Waals surface area contributed by atoms with Gasteiger partial charge in [0.2, 0.25) is 11.8 Å². The lowest BCUT2D eigenvalue weighted by Crippen LogP contribution is -2.45. The highest BCUT2D eigenvalue weighted by molar-refractivity contribution is 7.92. The molecule has 18 heavy (non-hydrogen) atoms. The fourth-order valence-corrected chi connectivity index (χ4v) is 2.54. The van der Waals surface area contributed by atoms with Crippen LogP contribution in [0.4, 0.5) is 0 Å². The molecule has 8 nitrogen and oxygen atoms in total. The molecule has 0 saturated heterocycles. The fraction of sp³-hybridized carbons (Fsp3) is 0.667. The van der Waals surface area contributed by atoms with Gasteiger partial charge in [-0.3, -0.25) is 9.59 Å². The molecule has 0 aromatic rings. The summed E-state index contributed by atoms with van der Waals surface area (Å²) in [5.41, 5.74) is 0. The van der Waals surface area contributed by atoms with Crippen LogP contribution in [0.2, 0.25) is 0 Å². The SMILES string of the molecule is CC(=O)NC(CS(=O)(=O)CC(=O)N(C)C)C(=O)O. The first-order chi connectivity index (χ1) is 8.05. The molecule has 2 N–H and O–H groups in total. The van der Waals surface area contributed by atoms with E-state index in [4.69, 9.17) is 5.11 Å². The average molecular weight is 280 g/mol. The summed E-state index contributed by atoms with van der Waals surface area (Å²) in [6.45, 7) is 1.08. The zero-order valence-electron chi connectivity index (χ0n) is 10.3. The van der Waals surface area contributed by atoms with Crippen LogP contribution in [0.25, 0.3) is 0 Å². The van der Waals surface area contributed by atoms with Crippen LogP contribution in [0, 0.1) is 0 Å². The van der Waals surface area contributed by atoms with Gasteiger partial charge in [0.25, 0.3) is 0 Å². The monoisotopic (exact) mass is 280 g/mol. The average Bonchev–Trinajstić information content (AvgIpc) is 2.14. The molecule has 0 bridgehead atoms. The van der Waals surface area contributed by atoms with Crippen molar-refractivity contribution in [1.29, 1.82) is 0 Å². The Hall–Kier alpha value is -1.64. The van der Waals surface area contributed by atoms with Gasteiger partial charge in [0, 0.05) is 21.0 Å². The third-order valence-corrected chi connectivity index (χ3v) is 3.47. The molecule has 0 spiro atoms. The molecule has 1 atom stereocenters. The first-order valence-electron chi connectivity index (χ1n) is 4.95. The van der Waals surface area contributed by atoms with Crippen molar-refractivity contribution < 1.29 is 27.9 Å². The third-order valence-electron chi connectivity index (χ3n) is 1.94. The van der Waals surface area contributed by atoms with Crippen LogP contribution >= 0.6 is 0 Å². The predicted molar refractivity (Wildman–Crippen MR) is 62.6 cm³/mol. The number of hydrogen-bond donors (Lipinski definition) is 2. The Labute approximate surface area is 105 Å². The molecule has 1 unspecified atom stereocenters. The number of nitrogens with one attached hydrogen (secondary N) is 1. The number of sulfone groups is 1. The van der Waals surface area contributed by atoms with Gasteiger partial charge in [0.1, 0.15) is 11.8 Å². The molecular weight excluding hydrogens is 264 g/mol. The Morgan fingerprint density at radius 3 is 2.11 bits per heavy atom. The van der Waals surface area contributed by atoms with E-state index in [2.05, 4.69) is 0 Å². The van der Waals surface area contributed by atoms with Crippen molar-refractivity contribution in [3.63, 3.8) is 0 Å². The fourth-order valence-electron chi connectivity index (χ4n) is 1.05. The van der Waals surface area contributed by atoms with Crippen molar-refractivity contribution in [3.05, 3.63) is 0 Å². The zero-order chi connectivity index (χ0) is 14.5. The Kier molecular flexibility index (Phi) is 5.76. The highest BCUT2D eigenvalue weighted by Crippen LogP contribution is 1.98. The molecule has 0 saturated carbocycles. The normalized spacial score (nSPS) is 12.6. The van der Waals surface area contributed by atoms with Crippen LogP contribution in [0.3, 0.4) is 0 Å². The Bertz CT molecular complexity index is 442. The van der Waals surface area contributed by atoms with Gasteiger partial charge in [-0.1, -0.05) is 0 Å². The largest absolute Gasteiger partial charge is 0.480 e. The van der Waals surface area contributed by atoms with E-state index < -0.39 is 45.2 Å². The van der Waals surface area contributed by atoms with E-state index in [1.165, 1.54) is 14.1 Å². The molecule has 0 radical (unpaired) electrons. The van der Waals surface area contributed by atoms with Crippen molar-refractivity contribution in [1.82, 2.24) is 10.2 Å². The van der Waals surface area contributed by atoms with E-state index >= 15 is 0 Å². The zero-order valence-corrected chi connectivity index (χ0v) is 11.2. The first-order valence-corrected chi connectivity index (χ1v) is 6.78. The van der Waals surface area contributed by atoms with Crippen molar-refractivity contribution in [3.8, 4) is 0 Å². The van der Waals surface area contributed by atoms with Gasteiger partial charge in [0.15, 0.2) is 9.84 Å². The molecule has 2 amide bonds. The number of carboxylic acid groups (broad SMARTS) is 1. The Morgan fingerprint density at radius 2 is 1.78 bits per heavy atom. The highest BCUT2D eigenvalue weighted by Gasteiger charge is 2.28. The third kappa shape index (κ3) is 6.18. The molecular formula is C9H16N2O6S. The molecule has 0 aliphatic heterocycles. The second kappa shape index (κ2) is 6.34. The van der Waals surface area contributed by atoms with E-state index in [-0.39, 0.29) is 0 Å². The van der Waals surface area contributed by atoms with Gasteiger partial charge in [-0.2, -0.15) is 0 Å². The Balaban J connectivity index is 4.77. The quantitative estimate of drug-likeness (QED) is 0.585. The van der Waals surface area contributed by atoms with Gasteiger partial charge < -0.3 is 15.3 Å². The summed E-state index contributed by atoms with van der Waals surface area (Å²) in [4.78, 5) is 33.8. The lowest BCUT2D eigenvalue weighted by Gasteiger charge is -2.15. The smallest absolute Gasteiger partial charge is 0.327 e. The minimum Gasteiger partial charge on any atom is -0.480 e. The first kappa shape index (κ1) is 16.4. The molecule has 0 heterocycles.